The molecule has 0 aliphatic rings. The summed E-state index contributed by atoms with van der Waals surface area (Å²) in [4.78, 5) is 12.0. The molecule has 1 N–H and O–H groups in total. The van der Waals surface area contributed by atoms with Gasteiger partial charge in [-0.1, -0.05) is 0 Å². The number of hydrogen-bond donors (Lipinski definition) is 1. The molecule has 0 bridgehead atoms. The fourth-order valence-corrected chi connectivity index (χ4v) is 4.15. The highest BCUT2D eigenvalue weighted by Gasteiger charge is 2.44. The van der Waals surface area contributed by atoms with Crippen LogP contribution in [0.3, 0.4) is 0 Å². The summed E-state index contributed by atoms with van der Waals surface area (Å²) in [5, 5.41) is 16.2. The second-order valence-electron chi connectivity index (χ2n) is 7.17. The maximum atomic E-state index is 14.6. The number of rotatable bonds is 6. The van der Waals surface area contributed by atoms with Gasteiger partial charge in [-0.3, -0.25) is 4.79 Å². The Morgan fingerprint density at radius 3 is 2.44 bits per heavy atom. The van der Waals surface area contributed by atoms with E-state index < -0.39 is 38.8 Å². The number of methoxy groups -OCH3 is 1. The van der Waals surface area contributed by atoms with Gasteiger partial charge in [0.05, 0.1) is 36.5 Å². The van der Waals surface area contributed by atoms with E-state index in [1.54, 1.807) is 12.1 Å². The summed E-state index contributed by atoms with van der Waals surface area (Å²) in [6.45, 7) is 1.87. The number of ether oxygens (including phenoxy) is 1. The number of nitrogens with one attached hydrogen (secondary N) is 1. The maximum Gasteiger partial charge on any atom is 0.321 e. The third-order valence-electron chi connectivity index (χ3n) is 4.93. The molecule has 1 aromatic heterocycles. The number of fused-ring (bicyclic) bond motifs is 1. The fraction of sp³-hybridized carbons (Fsp3) is 0.286. The van der Waals surface area contributed by atoms with Gasteiger partial charge >= 0.3 is 5.92 Å². The minimum Gasteiger partial charge on any atom is -0.491 e. The molecule has 0 aliphatic heterocycles. The first-order valence-corrected chi connectivity index (χ1v) is 10.3. The largest absolute Gasteiger partial charge is 0.491 e. The van der Waals surface area contributed by atoms with Crippen LogP contribution < -0.4 is 10.1 Å². The number of benzene rings is 2. The minimum atomic E-state index is -3.67. The number of carbonyl (C=O) groups is 1. The van der Waals surface area contributed by atoms with E-state index in [-0.39, 0.29) is 5.56 Å². The van der Waals surface area contributed by atoms with Crippen LogP contribution in [0.5, 0.6) is 5.75 Å². The van der Waals surface area contributed by atoms with Crippen molar-refractivity contribution in [2.24, 2.45) is 0 Å². The summed E-state index contributed by atoms with van der Waals surface area (Å²) in [6, 6.07) is 7.56. The molecule has 1 heterocycles. The van der Waals surface area contributed by atoms with E-state index in [0.717, 1.165) is 19.2 Å². The summed E-state index contributed by atoms with van der Waals surface area (Å²) in [7, 11) is 1.11. The van der Waals surface area contributed by atoms with Gasteiger partial charge in [-0.2, -0.15) is 19.1 Å². The van der Waals surface area contributed by atoms with Crippen LogP contribution in [0.1, 0.15) is 25.0 Å². The Hall–Kier alpha value is -2.88. The molecule has 3 aromatic rings. The first kappa shape index (κ1) is 23.8. The zero-order valence-corrected chi connectivity index (χ0v) is 19.2. The lowest BCUT2D eigenvalue weighted by molar-refractivity contribution is -0.144. The summed E-state index contributed by atoms with van der Waals surface area (Å²) in [5.74, 6) is -7.84. The van der Waals surface area contributed by atoms with Crippen molar-refractivity contribution in [3.8, 4) is 11.8 Å². The zero-order chi connectivity index (χ0) is 23.8. The Labute approximate surface area is 194 Å². The highest BCUT2D eigenvalue weighted by atomic mass is 127. The Morgan fingerprint density at radius 1 is 1.28 bits per heavy atom. The van der Waals surface area contributed by atoms with Crippen molar-refractivity contribution in [3.05, 3.63) is 59.3 Å². The maximum absolute atomic E-state index is 14.6. The fourth-order valence-electron chi connectivity index (χ4n) is 3.29. The molecule has 0 unspecified atom stereocenters. The van der Waals surface area contributed by atoms with Gasteiger partial charge in [0.25, 0.3) is 5.91 Å². The van der Waals surface area contributed by atoms with Crippen LogP contribution in [0.25, 0.3) is 10.9 Å². The van der Waals surface area contributed by atoms with Crippen LogP contribution >= 0.6 is 22.6 Å². The number of alkyl halides is 3. The van der Waals surface area contributed by atoms with Crippen molar-refractivity contribution < 1.29 is 27.1 Å². The molecule has 6 nitrogen and oxygen atoms in total. The van der Waals surface area contributed by atoms with E-state index in [0.29, 0.717) is 23.4 Å². The summed E-state index contributed by atoms with van der Waals surface area (Å²) >= 11 is 1.82. The normalized spacial score (nSPS) is 14.5. The Morgan fingerprint density at radius 2 is 1.91 bits per heavy atom. The lowest BCUT2D eigenvalue weighted by Crippen LogP contribution is -2.53. The number of amides is 1. The number of nitrogens with zero attached hydrogens (tertiary/aromatic N) is 3. The lowest BCUT2D eigenvalue weighted by atomic mass is 9.98. The molecule has 3 rings (SSSR count). The average Bonchev–Trinajstić information content (AvgIpc) is 3.15. The highest BCUT2D eigenvalue weighted by molar-refractivity contribution is 14.1. The molecule has 0 saturated carbocycles. The Balaban J connectivity index is 2.25. The molecule has 0 aliphatic carbocycles. The van der Waals surface area contributed by atoms with Crippen LogP contribution in [0.15, 0.2) is 36.5 Å². The van der Waals surface area contributed by atoms with Crippen molar-refractivity contribution in [1.82, 2.24) is 15.1 Å². The topological polar surface area (TPSA) is 79.9 Å². The number of nitriles is 1. The monoisotopic (exact) mass is 560 g/mol. The summed E-state index contributed by atoms with van der Waals surface area (Å²) in [5.41, 5.74) is 0.833. The van der Waals surface area contributed by atoms with Gasteiger partial charge in [-0.05, 0) is 65.4 Å². The van der Waals surface area contributed by atoms with Crippen molar-refractivity contribution in [3.63, 3.8) is 0 Å². The van der Waals surface area contributed by atoms with E-state index in [1.165, 1.54) is 23.9 Å². The van der Waals surface area contributed by atoms with Gasteiger partial charge in [-0.15, -0.1) is 0 Å². The predicted molar refractivity (Wildman–Crippen MR) is 117 cm³/mol. The van der Waals surface area contributed by atoms with Crippen molar-refractivity contribution >= 4 is 39.4 Å². The molecule has 2 aromatic carbocycles. The van der Waals surface area contributed by atoms with Gasteiger partial charge in [0.1, 0.15) is 0 Å². The van der Waals surface area contributed by atoms with Crippen molar-refractivity contribution in [1.29, 1.82) is 5.26 Å². The molecule has 2 atom stereocenters. The summed E-state index contributed by atoms with van der Waals surface area (Å²) < 4.78 is 60.8. The number of hydrogen-bond acceptors (Lipinski definition) is 4. The SMILES string of the molecule is COc1c(F)cc([C@@](I)([C@H](C)NC(=O)C(C)(F)F)n2ncc3cc(C#N)ccc32)cc1F. The lowest BCUT2D eigenvalue weighted by Gasteiger charge is -2.36. The summed E-state index contributed by atoms with van der Waals surface area (Å²) in [6.07, 6.45) is 1.43. The average molecular weight is 560 g/mol. The van der Waals surface area contributed by atoms with Gasteiger partial charge in [0.15, 0.2) is 20.9 Å². The molecule has 0 saturated heterocycles. The molecular formula is C21H17F4IN4O2. The van der Waals surface area contributed by atoms with Crippen molar-refractivity contribution in [2.75, 3.05) is 7.11 Å². The van der Waals surface area contributed by atoms with Crippen LogP contribution in [0, 0.1) is 23.0 Å². The highest BCUT2D eigenvalue weighted by Crippen LogP contribution is 2.41. The molecule has 1 amide bonds. The minimum absolute atomic E-state index is 0.00970. The predicted octanol–water partition coefficient (Wildman–Crippen LogP) is 4.49. The van der Waals surface area contributed by atoms with E-state index in [1.807, 2.05) is 28.7 Å². The molecular weight excluding hydrogens is 543 g/mol. The molecule has 168 valence electrons. The van der Waals surface area contributed by atoms with Crippen molar-refractivity contribution in [2.45, 2.75) is 29.4 Å². The Bertz CT molecular complexity index is 1210. The molecule has 0 fully saturated rings. The third-order valence-corrected chi connectivity index (χ3v) is 6.95. The second-order valence-corrected chi connectivity index (χ2v) is 8.82. The van der Waals surface area contributed by atoms with Gasteiger partial charge < -0.3 is 10.1 Å². The molecule has 32 heavy (non-hydrogen) atoms. The van der Waals surface area contributed by atoms with Crippen LogP contribution in [0.2, 0.25) is 0 Å². The zero-order valence-electron chi connectivity index (χ0n) is 17.1. The third kappa shape index (κ3) is 4.11. The van der Waals surface area contributed by atoms with Crippen LogP contribution in [-0.4, -0.2) is 34.8 Å². The second kappa shape index (κ2) is 8.57. The smallest absolute Gasteiger partial charge is 0.321 e. The number of halogens is 5. The Kier molecular flexibility index (Phi) is 6.37. The standard InChI is InChI=1S/C21H17F4IN4O2/c1-11(29-19(31)20(2,24)25)21(26,14-7-15(22)18(32-3)16(23)8-14)30-17-5-4-12(9-27)6-13(17)10-28-30/h4-8,10-11H,1-3H3,(H,29,31)/t11-,21+/m0/s1. The molecule has 0 radical (unpaired) electrons. The van der Waals surface area contributed by atoms with Gasteiger partial charge in [0.2, 0.25) is 0 Å². The van der Waals surface area contributed by atoms with E-state index in [4.69, 9.17) is 10.00 Å². The van der Waals surface area contributed by atoms with E-state index in [2.05, 4.69) is 10.4 Å². The number of aromatic nitrogens is 2. The van der Waals surface area contributed by atoms with Gasteiger partial charge in [0, 0.05) is 12.3 Å². The van der Waals surface area contributed by atoms with Gasteiger partial charge in [-0.25, -0.2) is 13.5 Å². The van der Waals surface area contributed by atoms with E-state index >= 15 is 0 Å². The van der Waals surface area contributed by atoms with Crippen LogP contribution in [-0.2, 0) is 8.34 Å². The number of carbonyl (C=O) groups excluding carboxylic acids is 1. The van der Waals surface area contributed by atoms with E-state index in [9.17, 15) is 22.4 Å². The molecule has 0 spiro atoms. The molecule has 11 heteroatoms. The van der Waals surface area contributed by atoms with Crippen LogP contribution in [0.4, 0.5) is 17.6 Å². The first-order valence-electron chi connectivity index (χ1n) is 9.23. The quantitative estimate of drug-likeness (QED) is 0.274. The first-order chi connectivity index (χ1) is 14.9.